The first-order valence-electron chi connectivity index (χ1n) is 10.7. The van der Waals surface area contributed by atoms with E-state index in [2.05, 4.69) is 4.74 Å². The zero-order valence-corrected chi connectivity index (χ0v) is 20.5. The lowest BCUT2D eigenvalue weighted by Crippen LogP contribution is -2.44. The van der Waals surface area contributed by atoms with E-state index in [0.29, 0.717) is 0 Å². The molecule has 0 aromatic heterocycles. The Morgan fingerprint density at radius 3 is 2.36 bits per heavy atom. The number of hydrogen-bond donors (Lipinski definition) is 0. The number of carbonyl (C=O) groups is 3. The third-order valence-corrected chi connectivity index (χ3v) is 7.20. The monoisotopic (exact) mass is 546 g/mol. The first-order chi connectivity index (χ1) is 16.9. The largest absolute Gasteiger partial charge is 0.366 e. The summed E-state index contributed by atoms with van der Waals surface area (Å²) in [6.07, 6.45) is -6.80. The average Bonchev–Trinajstić information content (AvgIpc) is 2.82. The Morgan fingerprint density at radius 2 is 1.75 bits per heavy atom. The van der Waals surface area contributed by atoms with Gasteiger partial charge in [0, 0.05) is 23.8 Å². The van der Waals surface area contributed by atoms with Crippen LogP contribution in [0.3, 0.4) is 0 Å². The molecule has 3 rings (SSSR count). The highest BCUT2D eigenvalue weighted by molar-refractivity contribution is 7.90. The van der Waals surface area contributed by atoms with Gasteiger partial charge in [-0.15, -0.1) is 0 Å². The van der Waals surface area contributed by atoms with Crippen molar-refractivity contribution in [1.29, 1.82) is 0 Å². The fourth-order valence-corrected chi connectivity index (χ4v) is 5.08. The molecule has 36 heavy (non-hydrogen) atoms. The molecule has 0 radical (unpaired) electrons. The van der Waals surface area contributed by atoms with Crippen LogP contribution in [0.1, 0.15) is 34.3 Å². The van der Waals surface area contributed by atoms with E-state index in [-0.39, 0.29) is 19.4 Å². The summed E-state index contributed by atoms with van der Waals surface area (Å²) in [6.45, 7) is -0.921. The standard InChI is InChI=1S/C24H22ClF3O7S/c1-36(32,33)18-10-7-14(20(25)15(18)12-35-24(28)23(26)27)21(30)19-16(29)8-9-17(22(19)31)34-11-13-5-3-2-4-6-13/h2-7,10,17,19,23-24H,8-9,11-12H2,1H3. The summed E-state index contributed by atoms with van der Waals surface area (Å²) in [5.41, 5.74) is -0.0597. The number of halogens is 4. The summed E-state index contributed by atoms with van der Waals surface area (Å²) in [4.78, 5) is 38.4. The van der Waals surface area contributed by atoms with Gasteiger partial charge in [0.2, 0.25) is 0 Å². The fourth-order valence-electron chi connectivity index (χ4n) is 3.78. The maximum absolute atomic E-state index is 13.3. The second kappa shape index (κ2) is 11.6. The molecule has 0 bridgehead atoms. The average molecular weight is 547 g/mol. The number of hydrogen-bond acceptors (Lipinski definition) is 7. The summed E-state index contributed by atoms with van der Waals surface area (Å²) in [7, 11) is -4.00. The van der Waals surface area contributed by atoms with E-state index < -0.39 is 79.6 Å². The highest BCUT2D eigenvalue weighted by Crippen LogP contribution is 2.33. The zero-order chi connectivity index (χ0) is 26.6. The Morgan fingerprint density at radius 1 is 1.08 bits per heavy atom. The van der Waals surface area contributed by atoms with E-state index >= 15 is 0 Å². The van der Waals surface area contributed by atoms with Crippen LogP contribution in [0.15, 0.2) is 47.4 Å². The van der Waals surface area contributed by atoms with E-state index in [4.69, 9.17) is 16.3 Å². The van der Waals surface area contributed by atoms with Crippen LogP contribution in [0.25, 0.3) is 0 Å². The highest BCUT2D eigenvalue weighted by atomic mass is 35.5. The normalized spacial score (nSPS) is 19.5. The van der Waals surface area contributed by atoms with Gasteiger partial charge >= 0.3 is 0 Å². The Balaban J connectivity index is 1.89. The van der Waals surface area contributed by atoms with Crippen molar-refractivity contribution in [2.24, 2.45) is 5.92 Å². The van der Waals surface area contributed by atoms with E-state index in [9.17, 15) is 36.0 Å². The van der Waals surface area contributed by atoms with Gasteiger partial charge in [0.05, 0.1) is 23.1 Å². The van der Waals surface area contributed by atoms with Gasteiger partial charge in [-0.3, -0.25) is 14.4 Å². The van der Waals surface area contributed by atoms with E-state index in [0.717, 1.165) is 24.0 Å². The molecule has 0 heterocycles. The number of rotatable bonds is 10. The second-order valence-corrected chi connectivity index (χ2v) is 10.5. The zero-order valence-electron chi connectivity index (χ0n) is 19.0. The van der Waals surface area contributed by atoms with Crippen LogP contribution in [0.5, 0.6) is 0 Å². The number of Topliss-reactive ketones (excluding diaryl/α,β-unsaturated/α-hetero) is 3. The van der Waals surface area contributed by atoms with E-state index in [1.807, 2.05) is 6.07 Å². The minimum atomic E-state index is -4.00. The topological polar surface area (TPSA) is 104 Å². The predicted molar refractivity (Wildman–Crippen MR) is 122 cm³/mol. The first kappa shape index (κ1) is 28.0. The van der Waals surface area contributed by atoms with Crippen molar-refractivity contribution < 1.29 is 45.4 Å². The Bertz CT molecular complexity index is 1250. The molecule has 2 aromatic carbocycles. The van der Waals surface area contributed by atoms with Gasteiger partial charge in [-0.05, 0) is 24.1 Å². The van der Waals surface area contributed by atoms with Crippen molar-refractivity contribution in [3.8, 4) is 0 Å². The van der Waals surface area contributed by atoms with E-state index in [1.54, 1.807) is 24.3 Å². The Hall–Kier alpha value is -2.60. The van der Waals surface area contributed by atoms with Crippen molar-refractivity contribution in [2.75, 3.05) is 6.26 Å². The third kappa shape index (κ3) is 6.39. The minimum absolute atomic E-state index is 0.0756. The van der Waals surface area contributed by atoms with Gasteiger partial charge in [0.15, 0.2) is 27.2 Å². The smallest absolute Gasteiger partial charge is 0.293 e. The molecule has 194 valence electrons. The predicted octanol–water partition coefficient (Wildman–Crippen LogP) is 4.14. The molecule has 1 aliphatic carbocycles. The number of sulfone groups is 1. The number of ether oxygens (including phenoxy) is 2. The molecular formula is C24H22ClF3O7S. The van der Waals surface area contributed by atoms with Crippen LogP contribution in [-0.4, -0.2) is 50.9 Å². The van der Waals surface area contributed by atoms with Gasteiger partial charge in [0.1, 0.15) is 12.0 Å². The summed E-state index contributed by atoms with van der Waals surface area (Å²) < 4.78 is 72.7. The van der Waals surface area contributed by atoms with Crippen LogP contribution in [0.4, 0.5) is 13.2 Å². The molecule has 1 saturated carbocycles. The van der Waals surface area contributed by atoms with Crippen LogP contribution >= 0.6 is 11.6 Å². The Labute approximate surface area is 210 Å². The van der Waals surface area contributed by atoms with Gasteiger partial charge in [-0.2, -0.15) is 0 Å². The fraction of sp³-hybridized carbons (Fsp3) is 0.375. The SMILES string of the molecule is CS(=O)(=O)c1ccc(C(=O)C2C(=O)CCC(OCc3ccccc3)C2=O)c(Cl)c1COC(F)C(F)F. The molecule has 7 nitrogen and oxygen atoms in total. The number of carbonyl (C=O) groups excluding carboxylic acids is 3. The molecule has 0 spiro atoms. The number of alkyl halides is 3. The Kier molecular flexibility index (Phi) is 9.04. The maximum atomic E-state index is 13.3. The van der Waals surface area contributed by atoms with Gasteiger partial charge in [-0.1, -0.05) is 41.9 Å². The summed E-state index contributed by atoms with van der Waals surface area (Å²) >= 11 is 6.24. The molecule has 12 heteroatoms. The maximum Gasteiger partial charge on any atom is 0.293 e. The van der Waals surface area contributed by atoms with Crippen LogP contribution < -0.4 is 0 Å². The van der Waals surface area contributed by atoms with Crippen molar-refractivity contribution in [1.82, 2.24) is 0 Å². The summed E-state index contributed by atoms with van der Waals surface area (Å²) in [5, 5.41) is -0.544. The summed E-state index contributed by atoms with van der Waals surface area (Å²) in [6, 6.07) is 10.9. The molecule has 0 saturated heterocycles. The molecule has 0 aliphatic heterocycles. The van der Waals surface area contributed by atoms with Crippen LogP contribution in [0.2, 0.25) is 5.02 Å². The van der Waals surface area contributed by atoms with Crippen molar-refractivity contribution >= 4 is 38.8 Å². The van der Waals surface area contributed by atoms with Crippen LogP contribution in [-0.2, 0) is 42.1 Å². The quantitative estimate of drug-likeness (QED) is 0.326. The molecule has 0 amide bonds. The highest BCUT2D eigenvalue weighted by Gasteiger charge is 2.43. The van der Waals surface area contributed by atoms with Crippen molar-refractivity contribution in [3.63, 3.8) is 0 Å². The van der Waals surface area contributed by atoms with Crippen LogP contribution in [0, 0.1) is 5.92 Å². The minimum Gasteiger partial charge on any atom is -0.366 e. The number of ketones is 3. The first-order valence-corrected chi connectivity index (χ1v) is 13.0. The lowest BCUT2D eigenvalue weighted by Gasteiger charge is -2.26. The van der Waals surface area contributed by atoms with Crippen molar-refractivity contribution in [3.05, 3.63) is 64.2 Å². The van der Waals surface area contributed by atoms with Gasteiger partial charge in [-0.25, -0.2) is 21.6 Å². The van der Waals surface area contributed by atoms with Gasteiger partial charge in [0.25, 0.3) is 12.8 Å². The molecular weight excluding hydrogens is 525 g/mol. The molecule has 1 fully saturated rings. The second-order valence-electron chi connectivity index (χ2n) is 8.16. The molecule has 1 aliphatic rings. The van der Waals surface area contributed by atoms with E-state index in [1.165, 1.54) is 0 Å². The molecule has 3 atom stereocenters. The third-order valence-electron chi connectivity index (χ3n) is 5.58. The lowest BCUT2D eigenvalue weighted by atomic mass is 9.80. The van der Waals surface area contributed by atoms with Gasteiger partial charge < -0.3 is 9.47 Å². The molecule has 3 unspecified atom stereocenters. The van der Waals surface area contributed by atoms with Crippen molar-refractivity contribution in [2.45, 2.75) is 49.8 Å². The number of benzene rings is 2. The molecule has 2 aromatic rings. The summed E-state index contributed by atoms with van der Waals surface area (Å²) in [5.74, 6) is -4.18. The lowest BCUT2D eigenvalue weighted by molar-refractivity contribution is -0.144. The molecule has 0 N–H and O–H groups in total.